The van der Waals surface area contributed by atoms with Gasteiger partial charge in [0, 0.05) is 23.7 Å². The Bertz CT molecular complexity index is 1290. The summed E-state index contributed by atoms with van der Waals surface area (Å²) in [4.78, 5) is 23.7. The van der Waals surface area contributed by atoms with E-state index in [-0.39, 0.29) is 34.4 Å². The van der Waals surface area contributed by atoms with Gasteiger partial charge in [-0.2, -0.15) is 48.3 Å². The number of amides is 2. The van der Waals surface area contributed by atoms with Crippen molar-refractivity contribution in [1.29, 1.82) is 0 Å². The Hall–Kier alpha value is -3.54. The maximum Gasteiger partial charge on any atom is 0.460 e. The van der Waals surface area contributed by atoms with Gasteiger partial charge in [0.15, 0.2) is 6.10 Å². The third-order valence-electron chi connectivity index (χ3n) is 5.99. The molecule has 19 heteroatoms. The van der Waals surface area contributed by atoms with E-state index in [1.807, 2.05) is 5.32 Å². The van der Waals surface area contributed by atoms with E-state index in [0.717, 1.165) is 12.1 Å². The van der Waals surface area contributed by atoms with Gasteiger partial charge in [0.25, 0.3) is 0 Å². The van der Waals surface area contributed by atoms with Crippen molar-refractivity contribution in [2.75, 3.05) is 31.6 Å². The van der Waals surface area contributed by atoms with Crippen molar-refractivity contribution >= 4 is 29.3 Å². The van der Waals surface area contributed by atoms with E-state index < -0.39 is 67.7 Å². The Kier molecular flexibility index (Phi) is 11.9. The number of aliphatic carboxylic acids is 1. The maximum atomic E-state index is 14.6. The number of halogens is 12. The molecule has 2 N–H and O–H groups in total. The molecule has 2 amide bonds. The smallest absolute Gasteiger partial charge is 0.460 e. The zero-order chi connectivity index (χ0) is 34.4. The van der Waals surface area contributed by atoms with Gasteiger partial charge in [0.05, 0.1) is 13.1 Å². The summed E-state index contributed by atoms with van der Waals surface area (Å²) in [6.07, 6.45) is -8.58. The summed E-state index contributed by atoms with van der Waals surface area (Å²) in [7, 11) is 0. The average molecular weight is 689 g/mol. The first-order chi connectivity index (χ1) is 20.6. The highest BCUT2D eigenvalue weighted by Gasteiger charge is 2.87. The third-order valence-corrected chi connectivity index (χ3v) is 6.25. The van der Waals surface area contributed by atoms with Gasteiger partial charge >= 0.3 is 41.9 Å². The molecule has 1 atom stereocenters. The number of nitrogens with zero attached hydrogens (tertiary/aromatic N) is 1. The minimum atomic E-state index is -7.64. The average Bonchev–Trinajstić information content (AvgIpc) is 2.93. The van der Waals surface area contributed by atoms with Gasteiger partial charge in [-0.3, -0.25) is 0 Å². The highest BCUT2D eigenvalue weighted by atomic mass is 35.5. The highest BCUT2D eigenvalue weighted by molar-refractivity contribution is 6.30. The number of carbonyl (C=O) groups excluding carboxylic acids is 1. The van der Waals surface area contributed by atoms with E-state index in [1.54, 1.807) is 6.92 Å². The summed E-state index contributed by atoms with van der Waals surface area (Å²) in [5, 5.41) is 11.3. The first-order valence-electron chi connectivity index (χ1n) is 12.5. The van der Waals surface area contributed by atoms with Crippen molar-refractivity contribution in [3.05, 3.63) is 59.1 Å². The molecule has 0 spiro atoms. The van der Waals surface area contributed by atoms with Gasteiger partial charge in [0.2, 0.25) is 0 Å². The quantitative estimate of drug-likeness (QED) is 0.191. The number of alkyl halides is 11. The van der Waals surface area contributed by atoms with Crippen LogP contribution in [0.4, 0.5) is 58.8 Å². The molecule has 7 nitrogen and oxygen atoms in total. The van der Waals surface area contributed by atoms with Crippen LogP contribution >= 0.6 is 11.6 Å². The molecular weight excluding hydrogens is 665 g/mol. The number of hydrogen-bond donors (Lipinski definition) is 2. The summed E-state index contributed by atoms with van der Waals surface area (Å²) in [5.74, 6) is -30.1. The molecule has 0 saturated heterocycles. The number of carbonyl (C=O) groups is 2. The summed E-state index contributed by atoms with van der Waals surface area (Å²) in [6.45, 7) is -2.97. The Morgan fingerprint density at radius 2 is 1.42 bits per heavy atom. The van der Waals surface area contributed by atoms with Gasteiger partial charge < -0.3 is 24.8 Å². The summed E-state index contributed by atoms with van der Waals surface area (Å²) < 4.78 is 159. The molecule has 2 rings (SSSR count). The van der Waals surface area contributed by atoms with E-state index in [1.165, 1.54) is 36.4 Å². The fourth-order valence-corrected chi connectivity index (χ4v) is 3.69. The van der Waals surface area contributed by atoms with Crippen LogP contribution in [0.5, 0.6) is 5.75 Å². The highest BCUT2D eigenvalue weighted by Crippen LogP contribution is 2.57. The molecule has 2 aromatic carbocycles. The minimum absolute atomic E-state index is 0.0338. The van der Waals surface area contributed by atoms with Gasteiger partial charge in [-0.15, -0.1) is 0 Å². The molecule has 0 saturated carbocycles. The summed E-state index contributed by atoms with van der Waals surface area (Å²) in [5.41, 5.74) is 0.271. The molecule has 0 aliphatic carbocycles. The number of ether oxygens (including phenoxy) is 2. The zero-order valence-electron chi connectivity index (χ0n) is 22.8. The van der Waals surface area contributed by atoms with Crippen LogP contribution in [0.3, 0.4) is 0 Å². The van der Waals surface area contributed by atoms with Crippen LogP contribution in [-0.2, 0) is 16.0 Å². The van der Waals surface area contributed by atoms with Crippen LogP contribution in [0, 0.1) is 0 Å². The number of anilines is 1. The molecule has 45 heavy (non-hydrogen) atoms. The second kappa shape index (κ2) is 14.3. The lowest BCUT2D eigenvalue weighted by Gasteiger charge is -2.38. The van der Waals surface area contributed by atoms with Crippen LogP contribution in [0.25, 0.3) is 0 Å². The van der Waals surface area contributed by atoms with Crippen molar-refractivity contribution in [2.24, 2.45) is 0 Å². The van der Waals surface area contributed by atoms with E-state index in [4.69, 9.17) is 26.2 Å². The summed E-state index contributed by atoms with van der Waals surface area (Å²) in [6, 6.07) is 8.24. The number of rotatable bonds is 15. The first kappa shape index (κ1) is 37.6. The molecular formula is C26H24ClF11N2O5. The Balaban J connectivity index is 2.27. The molecule has 252 valence electrons. The lowest BCUT2D eigenvalue weighted by molar-refractivity contribution is -0.422. The largest absolute Gasteiger partial charge is 0.492 e. The molecule has 0 aliphatic rings. The van der Waals surface area contributed by atoms with Crippen LogP contribution in [-0.4, -0.2) is 84.3 Å². The number of carboxylic acids is 1. The van der Waals surface area contributed by atoms with Crippen molar-refractivity contribution in [1.82, 2.24) is 4.90 Å². The number of nitrogens with one attached hydrogen (secondary N) is 1. The lowest BCUT2D eigenvalue weighted by Crippen LogP contribution is -2.68. The van der Waals surface area contributed by atoms with Crippen LogP contribution in [0.15, 0.2) is 48.5 Å². The Morgan fingerprint density at radius 3 is 1.91 bits per heavy atom. The minimum Gasteiger partial charge on any atom is -0.492 e. The zero-order valence-corrected chi connectivity index (χ0v) is 23.6. The maximum absolute atomic E-state index is 14.6. The molecule has 0 fully saturated rings. The predicted molar refractivity (Wildman–Crippen MR) is 137 cm³/mol. The standard InChI is InChI=1S/C26H24ClF11N2O5/c1-2-44-19(20(41)42)13-15-3-9-18(10-4-15)45-12-11-40(21(43)39-17-7-5-16(27)6-8-17)14-22(28,29)23(30,31)24(32,33)25(34,35)26(36,37)38/h3-10,19H,2,11-14H2,1H3,(H,39,43)(H,41,42). The third kappa shape index (κ3) is 8.80. The molecule has 2 aromatic rings. The normalized spacial score (nSPS) is 13.7. The van der Waals surface area contributed by atoms with Crippen LogP contribution < -0.4 is 10.1 Å². The Labute approximate surface area is 252 Å². The van der Waals surface area contributed by atoms with E-state index in [2.05, 4.69) is 0 Å². The molecule has 0 radical (unpaired) electrons. The van der Waals surface area contributed by atoms with Crippen molar-refractivity contribution in [3.8, 4) is 5.75 Å². The molecule has 1 unspecified atom stereocenters. The van der Waals surface area contributed by atoms with Gasteiger partial charge in [0.1, 0.15) is 12.4 Å². The van der Waals surface area contributed by atoms with Crippen molar-refractivity contribution in [3.63, 3.8) is 0 Å². The predicted octanol–water partition coefficient (Wildman–Crippen LogP) is 7.39. The van der Waals surface area contributed by atoms with Crippen LogP contribution in [0.1, 0.15) is 12.5 Å². The SMILES string of the molecule is CCOC(Cc1ccc(OCCN(CC(F)(F)C(F)(F)C(F)(F)C(F)(F)C(F)(F)F)C(=O)Nc2ccc(Cl)cc2)cc1)C(=O)O. The van der Waals surface area contributed by atoms with Crippen molar-refractivity contribution in [2.45, 2.75) is 49.3 Å². The van der Waals surface area contributed by atoms with E-state index in [0.29, 0.717) is 5.56 Å². The summed E-state index contributed by atoms with van der Waals surface area (Å²) >= 11 is 5.68. The number of benzene rings is 2. The van der Waals surface area contributed by atoms with Gasteiger partial charge in [-0.1, -0.05) is 23.7 Å². The second-order valence-electron chi connectivity index (χ2n) is 9.26. The molecule has 0 heterocycles. The number of urea groups is 1. The molecule has 0 aromatic heterocycles. The molecule has 0 aliphatic heterocycles. The number of hydrogen-bond acceptors (Lipinski definition) is 4. The van der Waals surface area contributed by atoms with Crippen LogP contribution in [0.2, 0.25) is 5.02 Å². The first-order valence-corrected chi connectivity index (χ1v) is 12.9. The fraction of sp³-hybridized carbons (Fsp3) is 0.462. The Morgan fingerprint density at radius 1 is 0.867 bits per heavy atom. The van der Waals surface area contributed by atoms with Gasteiger partial charge in [-0.05, 0) is 48.9 Å². The van der Waals surface area contributed by atoms with Crippen molar-refractivity contribution < 1.29 is 72.5 Å². The fourth-order valence-electron chi connectivity index (χ4n) is 3.56. The topological polar surface area (TPSA) is 88.1 Å². The van der Waals surface area contributed by atoms with E-state index in [9.17, 15) is 57.9 Å². The number of carboxylic acid groups (broad SMARTS) is 1. The van der Waals surface area contributed by atoms with E-state index >= 15 is 0 Å². The molecule has 0 bridgehead atoms. The second-order valence-corrected chi connectivity index (χ2v) is 9.70. The monoisotopic (exact) mass is 688 g/mol. The lowest BCUT2D eigenvalue weighted by atomic mass is 9.97. The van der Waals surface area contributed by atoms with Gasteiger partial charge in [-0.25, -0.2) is 9.59 Å².